The number of piperidine rings is 1. The van der Waals surface area contributed by atoms with Crippen LogP contribution in [0.5, 0.6) is 0 Å². The van der Waals surface area contributed by atoms with Crippen molar-refractivity contribution >= 4 is 10.9 Å². The Balaban J connectivity index is 1.66. The molecule has 0 spiro atoms. The lowest BCUT2D eigenvalue weighted by Crippen LogP contribution is -2.44. The first kappa shape index (κ1) is 12.5. The van der Waals surface area contributed by atoms with Gasteiger partial charge < -0.3 is 4.98 Å². The second-order valence-electron chi connectivity index (χ2n) is 6.58. The molecular weight excluding hydrogens is 244 g/mol. The molecule has 2 aliphatic heterocycles. The van der Waals surface area contributed by atoms with Crippen LogP contribution in [0.2, 0.25) is 0 Å². The molecule has 0 aliphatic carbocycles. The van der Waals surface area contributed by atoms with Gasteiger partial charge in [0.25, 0.3) is 0 Å². The molecule has 0 radical (unpaired) electrons. The Morgan fingerprint density at radius 3 is 3.05 bits per heavy atom. The third-order valence-electron chi connectivity index (χ3n) is 5.49. The minimum atomic E-state index is 0.770. The first-order valence-electron chi connectivity index (χ1n) is 8.17. The molecule has 0 bridgehead atoms. The number of nitrogens with one attached hydrogen (secondary N) is 1. The van der Waals surface area contributed by atoms with Gasteiger partial charge >= 0.3 is 0 Å². The fraction of sp³-hybridized carbons (Fsp3) is 0.556. The standard InChI is InChI=1S/C18H24N2/c1-2-13-7-8-14-11-18-16(9-10-20(14)12-13)15-5-3-4-6-17(15)19-18/h3-6,13-14,19H,2,7-12H2,1H3/t13-,14+/m0/s1. The van der Waals surface area contributed by atoms with E-state index in [9.17, 15) is 0 Å². The summed E-state index contributed by atoms with van der Waals surface area (Å²) in [5.41, 5.74) is 4.42. The zero-order valence-corrected chi connectivity index (χ0v) is 12.4. The highest BCUT2D eigenvalue weighted by Gasteiger charge is 2.31. The second-order valence-corrected chi connectivity index (χ2v) is 6.58. The Morgan fingerprint density at radius 2 is 2.15 bits per heavy atom. The van der Waals surface area contributed by atoms with Gasteiger partial charge in [-0.3, -0.25) is 4.90 Å². The van der Waals surface area contributed by atoms with E-state index in [-0.39, 0.29) is 0 Å². The summed E-state index contributed by atoms with van der Waals surface area (Å²) in [6.45, 7) is 4.91. The molecule has 1 fully saturated rings. The van der Waals surface area contributed by atoms with Gasteiger partial charge in [-0.05, 0) is 36.8 Å². The number of H-pyrrole nitrogens is 1. The summed E-state index contributed by atoms with van der Waals surface area (Å²) in [5.74, 6) is 0.930. The van der Waals surface area contributed by atoms with Crippen molar-refractivity contribution in [3.8, 4) is 0 Å². The van der Waals surface area contributed by atoms with Gasteiger partial charge in [0, 0.05) is 42.1 Å². The highest BCUT2D eigenvalue weighted by molar-refractivity contribution is 5.84. The van der Waals surface area contributed by atoms with Crippen molar-refractivity contribution in [3.05, 3.63) is 35.5 Å². The van der Waals surface area contributed by atoms with Crippen molar-refractivity contribution in [3.63, 3.8) is 0 Å². The third-order valence-corrected chi connectivity index (χ3v) is 5.49. The lowest BCUT2D eigenvalue weighted by molar-refractivity contribution is 0.110. The maximum Gasteiger partial charge on any atom is 0.0458 e. The lowest BCUT2D eigenvalue weighted by Gasteiger charge is -2.38. The highest BCUT2D eigenvalue weighted by atomic mass is 15.2. The van der Waals surface area contributed by atoms with Gasteiger partial charge in [0.05, 0.1) is 0 Å². The van der Waals surface area contributed by atoms with Gasteiger partial charge in [0.2, 0.25) is 0 Å². The smallest absolute Gasteiger partial charge is 0.0458 e. The summed E-state index contributed by atoms with van der Waals surface area (Å²) in [5, 5.41) is 1.45. The van der Waals surface area contributed by atoms with Crippen LogP contribution in [0.1, 0.15) is 37.4 Å². The first-order valence-corrected chi connectivity index (χ1v) is 8.17. The van der Waals surface area contributed by atoms with E-state index in [1.54, 1.807) is 5.56 Å². The van der Waals surface area contributed by atoms with E-state index in [0.717, 1.165) is 12.0 Å². The van der Waals surface area contributed by atoms with Crippen molar-refractivity contribution in [1.82, 2.24) is 9.88 Å². The molecule has 0 saturated carbocycles. The van der Waals surface area contributed by atoms with Crippen LogP contribution in [0.3, 0.4) is 0 Å². The van der Waals surface area contributed by atoms with Gasteiger partial charge in [-0.25, -0.2) is 0 Å². The average Bonchev–Trinajstić information content (AvgIpc) is 2.73. The fourth-order valence-electron chi connectivity index (χ4n) is 4.23. The number of hydrogen-bond donors (Lipinski definition) is 1. The van der Waals surface area contributed by atoms with Crippen molar-refractivity contribution in [2.45, 2.75) is 45.1 Å². The second kappa shape index (κ2) is 4.92. The van der Waals surface area contributed by atoms with Gasteiger partial charge in [0.15, 0.2) is 0 Å². The Morgan fingerprint density at radius 1 is 1.25 bits per heavy atom. The molecule has 2 aromatic rings. The van der Waals surface area contributed by atoms with Crippen molar-refractivity contribution < 1.29 is 0 Å². The average molecular weight is 268 g/mol. The van der Waals surface area contributed by atoms with Crippen molar-refractivity contribution in [1.29, 1.82) is 0 Å². The number of fused-ring (bicyclic) bond motifs is 4. The fourth-order valence-corrected chi connectivity index (χ4v) is 4.23. The minimum Gasteiger partial charge on any atom is -0.358 e. The quantitative estimate of drug-likeness (QED) is 0.834. The van der Waals surface area contributed by atoms with E-state index in [1.807, 2.05) is 0 Å². The number of hydrogen-bond acceptors (Lipinski definition) is 1. The predicted molar refractivity (Wildman–Crippen MR) is 84.1 cm³/mol. The molecule has 106 valence electrons. The van der Waals surface area contributed by atoms with Crippen LogP contribution < -0.4 is 0 Å². The number of rotatable bonds is 1. The van der Waals surface area contributed by atoms with Gasteiger partial charge in [-0.2, -0.15) is 0 Å². The van der Waals surface area contributed by atoms with E-state index < -0.39 is 0 Å². The number of aromatic nitrogens is 1. The van der Waals surface area contributed by atoms with Crippen molar-refractivity contribution in [2.24, 2.45) is 5.92 Å². The predicted octanol–water partition coefficient (Wildman–Crippen LogP) is 3.76. The Bertz CT molecular complexity index is 613. The molecule has 4 rings (SSSR count). The normalized spacial score (nSPS) is 27.1. The van der Waals surface area contributed by atoms with Crippen LogP contribution in [0, 0.1) is 5.92 Å². The van der Waals surface area contributed by atoms with Crippen LogP contribution in [0.15, 0.2) is 24.3 Å². The first-order chi connectivity index (χ1) is 9.85. The molecule has 2 nitrogen and oxygen atoms in total. The molecule has 1 N–H and O–H groups in total. The number of para-hydroxylation sites is 1. The largest absolute Gasteiger partial charge is 0.358 e. The molecule has 1 aromatic heterocycles. The highest BCUT2D eigenvalue weighted by Crippen LogP contribution is 2.32. The van der Waals surface area contributed by atoms with Crippen LogP contribution in [0.25, 0.3) is 10.9 Å². The number of aromatic amines is 1. The number of nitrogens with zero attached hydrogens (tertiary/aromatic N) is 1. The third kappa shape index (κ3) is 1.98. The van der Waals surface area contributed by atoms with Crippen LogP contribution in [-0.2, 0) is 12.8 Å². The van der Waals surface area contributed by atoms with Crippen LogP contribution in [0.4, 0.5) is 0 Å². The molecule has 2 aliphatic rings. The zero-order chi connectivity index (χ0) is 13.5. The Labute approximate surface area is 121 Å². The van der Waals surface area contributed by atoms with Gasteiger partial charge in [0.1, 0.15) is 0 Å². The summed E-state index contributed by atoms with van der Waals surface area (Å²) in [4.78, 5) is 6.45. The molecule has 1 saturated heterocycles. The number of benzene rings is 1. The summed E-state index contributed by atoms with van der Waals surface area (Å²) in [7, 11) is 0. The van der Waals surface area contributed by atoms with E-state index in [2.05, 4.69) is 41.1 Å². The van der Waals surface area contributed by atoms with Gasteiger partial charge in [-0.15, -0.1) is 0 Å². The van der Waals surface area contributed by atoms with Crippen molar-refractivity contribution in [2.75, 3.05) is 13.1 Å². The molecule has 2 atom stereocenters. The molecule has 0 unspecified atom stereocenters. The van der Waals surface area contributed by atoms with Gasteiger partial charge in [-0.1, -0.05) is 31.5 Å². The van der Waals surface area contributed by atoms with E-state index in [4.69, 9.17) is 0 Å². The lowest BCUT2D eigenvalue weighted by atomic mass is 9.89. The Hall–Kier alpha value is -1.28. The summed E-state index contributed by atoms with van der Waals surface area (Å²) in [6.07, 6.45) is 6.59. The molecule has 3 heterocycles. The minimum absolute atomic E-state index is 0.770. The van der Waals surface area contributed by atoms with Crippen LogP contribution >= 0.6 is 0 Å². The molecule has 20 heavy (non-hydrogen) atoms. The maximum atomic E-state index is 3.69. The maximum absolute atomic E-state index is 3.69. The molecule has 1 aromatic carbocycles. The topological polar surface area (TPSA) is 19.0 Å². The molecular formula is C18H24N2. The summed E-state index contributed by atoms with van der Waals surface area (Å²) in [6, 6.07) is 9.57. The van der Waals surface area contributed by atoms with E-state index >= 15 is 0 Å². The van der Waals surface area contributed by atoms with E-state index in [0.29, 0.717) is 0 Å². The molecule has 2 heteroatoms. The monoisotopic (exact) mass is 268 g/mol. The van der Waals surface area contributed by atoms with E-state index in [1.165, 1.54) is 61.8 Å². The van der Waals surface area contributed by atoms with Crippen LogP contribution in [-0.4, -0.2) is 29.0 Å². The molecule has 0 amide bonds. The SMILES string of the molecule is CC[C@H]1CC[C@@H]2Cc3[nH]c4ccccc4c3CCN2C1. The summed E-state index contributed by atoms with van der Waals surface area (Å²) >= 11 is 0. The Kier molecular flexibility index (Phi) is 3.07. The summed E-state index contributed by atoms with van der Waals surface area (Å²) < 4.78 is 0. The zero-order valence-electron chi connectivity index (χ0n) is 12.4.